The quantitative estimate of drug-likeness (QED) is 0.704. The van der Waals surface area contributed by atoms with E-state index in [4.69, 9.17) is 9.15 Å². The van der Waals surface area contributed by atoms with E-state index in [1.165, 1.54) is 0 Å². The normalized spacial score (nSPS) is 17.8. The molecule has 166 valence electrons. The summed E-state index contributed by atoms with van der Waals surface area (Å²) in [5.74, 6) is 1.69. The van der Waals surface area contributed by atoms with E-state index < -0.39 is 6.04 Å². The number of benzene rings is 1. The fraction of sp³-hybridized carbons (Fsp3) is 0.500. The molecule has 1 N–H and O–H groups in total. The molecule has 1 atom stereocenters. The number of rotatable bonds is 8. The van der Waals surface area contributed by atoms with Crippen LogP contribution >= 0.6 is 0 Å². The molecule has 0 aliphatic carbocycles. The van der Waals surface area contributed by atoms with Gasteiger partial charge in [-0.15, -0.1) is 0 Å². The Morgan fingerprint density at radius 1 is 1.10 bits per heavy atom. The van der Waals surface area contributed by atoms with Crippen molar-refractivity contribution < 1.29 is 18.7 Å². The Hall–Kier alpha value is -2.64. The van der Waals surface area contributed by atoms with E-state index >= 15 is 0 Å². The van der Waals surface area contributed by atoms with Gasteiger partial charge in [0.15, 0.2) is 0 Å². The molecular formula is C24H31N3O4. The zero-order chi connectivity index (χ0) is 21.8. The number of carbonyl (C=O) groups excluding carboxylic acids is 2. The third kappa shape index (κ3) is 5.17. The van der Waals surface area contributed by atoms with E-state index in [9.17, 15) is 9.59 Å². The molecule has 2 aliphatic rings. The van der Waals surface area contributed by atoms with Gasteiger partial charge in [0.1, 0.15) is 17.6 Å². The molecular weight excluding hydrogens is 394 g/mol. The molecule has 1 aromatic carbocycles. The topological polar surface area (TPSA) is 75.0 Å². The maximum atomic E-state index is 13.1. The van der Waals surface area contributed by atoms with Crippen molar-refractivity contribution in [1.29, 1.82) is 0 Å². The molecule has 1 aromatic heterocycles. The van der Waals surface area contributed by atoms with Crippen LogP contribution in [0.1, 0.15) is 47.7 Å². The zero-order valence-electron chi connectivity index (χ0n) is 18.3. The molecule has 2 aromatic rings. The number of fused-ring (bicyclic) bond motifs is 1. The Balaban J connectivity index is 1.37. The van der Waals surface area contributed by atoms with Crippen molar-refractivity contribution in [2.75, 3.05) is 26.3 Å². The third-order valence-corrected chi connectivity index (χ3v) is 5.86. The SMILES string of the molecule is CC(C)CC(C(=O)NCc1ccc(CN2CCOCC2)o1)N1Cc2ccccc2C1=O. The average Bonchev–Trinajstić information content (AvgIpc) is 3.35. The first-order chi connectivity index (χ1) is 15.0. The van der Waals surface area contributed by atoms with Gasteiger partial charge in [-0.3, -0.25) is 14.5 Å². The Bertz CT molecular complexity index is 917. The highest BCUT2D eigenvalue weighted by molar-refractivity contribution is 6.01. The van der Waals surface area contributed by atoms with Crippen LogP contribution in [0.3, 0.4) is 0 Å². The summed E-state index contributed by atoms with van der Waals surface area (Å²) < 4.78 is 11.3. The molecule has 4 rings (SSSR count). The first kappa shape index (κ1) is 21.6. The Morgan fingerprint density at radius 3 is 2.58 bits per heavy atom. The Kier molecular flexibility index (Phi) is 6.73. The van der Waals surface area contributed by atoms with E-state index in [-0.39, 0.29) is 17.7 Å². The number of hydrogen-bond donors (Lipinski definition) is 1. The first-order valence-corrected chi connectivity index (χ1v) is 11.1. The Morgan fingerprint density at radius 2 is 1.84 bits per heavy atom. The lowest BCUT2D eigenvalue weighted by Crippen LogP contribution is -2.47. The molecule has 1 saturated heterocycles. The summed E-state index contributed by atoms with van der Waals surface area (Å²) in [6.45, 7) is 8.96. The molecule has 2 amide bonds. The third-order valence-electron chi connectivity index (χ3n) is 5.86. The molecule has 1 unspecified atom stereocenters. The van der Waals surface area contributed by atoms with Crippen LogP contribution in [0.5, 0.6) is 0 Å². The fourth-order valence-electron chi connectivity index (χ4n) is 4.22. The van der Waals surface area contributed by atoms with Crippen LogP contribution in [0.4, 0.5) is 0 Å². The maximum absolute atomic E-state index is 13.1. The van der Waals surface area contributed by atoms with E-state index in [0.29, 0.717) is 25.1 Å². The second-order valence-electron chi connectivity index (χ2n) is 8.71. The van der Waals surface area contributed by atoms with Crippen molar-refractivity contribution in [3.63, 3.8) is 0 Å². The van der Waals surface area contributed by atoms with Crippen molar-refractivity contribution in [2.24, 2.45) is 5.92 Å². The lowest BCUT2D eigenvalue weighted by atomic mass is 10.0. The van der Waals surface area contributed by atoms with E-state index in [1.54, 1.807) is 4.90 Å². The van der Waals surface area contributed by atoms with Crippen LogP contribution in [0.15, 0.2) is 40.8 Å². The van der Waals surface area contributed by atoms with Crippen LogP contribution in [-0.2, 0) is 29.2 Å². The molecule has 7 heteroatoms. The minimum Gasteiger partial charge on any atom is -0.463 e. The Labute approximate surface area is 183 Å². The standard InChI is InChI=1S/C24H31N3O4/c1-17(2)13-22(27-15-18-5-3-4-6-21(18)24(27)29)23(28)25-14-19-7-8-20(31-19)16-26-9-11-30-12-10-26/h3-8,17,22H,9-16H2,1-2H3,(H,25,28). The van der Waals surface area contributed by atoms with Crippen molar-refractivity contribution in [2.45, 2.75) is 45.9 Å². The molecule has 0 radical (unpaired) electrons. The first-order valence-electron chi connectivity index (χ1n) is 11.1. The van der Waals surface area contributed by atoms with E-state index in [2.05, 4.69) is 24.1 Å². The summed E-state index contributed by atoms with van der Waals surface area (Å²) in [6, 6.07) is 11.0. The van der Waals surface area contributed by atoms with E-state index in [0.717, 1.165) is 49.9 Å². The fourth-order valence-corrected chi connectivity index (χ4v) is 4.22. The predicted molar refractivity (Wildman–Crippen MR) is 116 cm³/mol. The van der Waals surface area contributed by atoms with E-state index in [1.807, 2.05) is 36.4 Å². The minimum atomic E-state index is -0.498. The molecule has 7 nitrogen and oxygen atoms in total. The summed E-state index contributed by atoms with van der Waals surface area (Å²) >= 11 is 0. The largest absolute Gasteiger partial charge is 0.463 e. The zero-order valence-corrected chi connectivity index (χ0v) is 18.3. The van der Waals surface area contributed by atoms with Crippen LogP contribution in [-0.4, -0.2) is 54.0 Å². The molecule has 0 bridgehead atoms. The summed E-state index contributed by atoms with van der Waals surface area (Å²) in [5.41, 5.74) is 1.68. The average molecular weight is 426 g/mol. The highest BCUT2D eigenvalue weighted by Crippen LogP contribution is 2.27. The van der Waals surface area contributed by atoms with Crippen LogP contribution < -0.4 is 5.32 Å². The highest BCUT2D eigenvalue weighted by Gasteiger charge is 2.36. The molecule has 3 heterocycles. The number of carbonyl (C=O) groups is 2. The molecule has 0 spiro atoms. The van der Waals surface area contributed by atoms with Crippen LogP contribution in [0.25, 0.3) is 0 Å². The summed E-state index contributed by atoms with van der Waals surface area (Å²) in [4.78, 5) is 30.0. The summed E-state index contributed by atoms with van der Waals surface area (Å²) in [7, 11) is 0. The van der Waals surface area contributed by atoms with Gasteiger partial charge in [0.05, 0.1) is 26.3 Å². The van der Waals surface area contributed by atoms with Gasteiger partial charge >= 0.3 is 0 Å². The van der Waals surface area contributed by atoms with Gasteiger partial charge in [-0.2, -0.15) is 0 Å². The lowest BCUT2D eigenvalue weighted by Gasteiger charge is -2.28. The van der Waals surface area contributed by atoms with Crippen molar-refractivity contribution in [1.82, 2.24) is 15.1 Å². The predicted octanol–water partition coefficient (Wildman–Crippen LogP) is 2.80. The number of morpholine rings is 1. The van der Waals surface area contributed by atoms with Crippen molar-refractivity contribution in [3.8, 4) is 0 Å². The summed E-state index contributed by atoms with van der Waals surface area (Å²) in [5, 5.41) is 2.99. The number of hydrogen-bond acceptors (Lipinski definition) is 5. The van der Waals surface area contributed by atoms with Gasteiger partial charge in [0, 0.05) is 25.2 Å². The molecule has 1 fully saturated rings. The monoisotopic (exact) mass is 425 g/mol. The second kappa shape index (κ2) is 9.66. The van der Waals surface area contributed by atoms with Gasteiger partial charge < -0.3 is 19.4 Å². The van der Waals surface area contributed by atoms with Crippen molar-refractivity contribution >= 4 is 11.8 Å². The van der Waals surface area contributed by atoms with Gasteiger partial charge in [-0.25, -0.2) is 0 Å². The number of nitrogens with zero attached hydrogens (tertiary/aromatic N) is 2. The van der Waals surface area contributed by atoms with Crippen LogP contribution in [0, 0.1) is 5.92 Å². The molecule has 0 saturated carbocycles. The number of amides is 2. The van der Waals surface area contributed by atoms with Gasteiger partial charge in [-0.05, 0) is 36.1 Å². The number of furan rings is 1. The smallest absolute Gasteiger partial charge is 0.255 e. The second-order valence-corrected chi connectivity index (χ2v) is 8.71. The number of ether oxygens (including phenoxy) is 1. The lowest BCUT2D eigenvalue weighted by molar-refractivity contribution is -0.126. The highest BCUT2D eigenvalue weighted by atomic mass is 16.5. The molecule has 31 heavy (non-hydrogen) atoms. The molecule has 2 aliphatic heterocycles. The number of nitrogens with one attached hydrogen (secondary N) is 1. The van der Waals surface area contributed by atoms with Crippen LogP contribution in [0.2, 0.25) is 0 Å². The van der Waals surface area contributed by atoms with Gasteiger partial charge in [0.2, 0.25) is 5.91 Å². The van der Waals surface area contributed by atoms with Gasteiger partial charge in [0.25, 0.3) is 5.91 Å². The van der Waals surface area contributed by atoms with Gasteiger partial charge in [-0.1, -0.05) is 32.0 Å². The summed E-state index contributed by atoms with van der Waals surface area (Å²) in [6.07, 6.45) is 0.617. The van der Waals surface area contributed by atoms with Crippen molar-refractivity contribution in [3.05, 3.63) is 59.0 Å². The maximum Gasteiger partial charge on any atom is 0.255 e. The minimum absolute atomic E-state index is 0.0674.